The molecule has 0 saturated heterocycles. The van der Waals surface area contributed by atoms with Gasteiger partial charge in [-0.2, -0.15) is 0 Å². The van der Waals surface area contributed by atoms with Gasteiger partial charge in [0.1, 0.15) is 0 Å². The molecule has 3 nitrogen and oxygen atoms in total. The van der Waals surface area contributed by atoms with Crippen molar-refractivity contribution in [3.8, 4) is 0 Å². The summed E-state index contributed by atoms with van der Waals surface area (Å²) >= 11 is 0. The SMILES string of the molecule is C[C@H](NCCc1ccccc1)C(=O)N(C)C. The molecular formula is C13H20N2O. The van der Waals surface area contributed by atoms with E-state index in [0.29, 0.717) is 0 Å². The molecule has 1 amide bonds. The lowest BCUT2D eigenvalue weighted by Crippen LogP contribution is -2.42. The molecule has 88 valence electrons. The maximum absolute atomic E-state index is 11.5. The van der Waals surface area contributed by atoms with Gasteiger partial charge in [0.05, 0.1) is 6.04 Å². The van der Waals surface area contributed by atoms with E-state index in [1.807, 2.05) is 25.1 Å². The van der Waals surface area contributed by atoms with Gasteiger partial charge in [0.2, 0.25) is 5.91 Å². The summed E-state index contributed by atoms with van der Waals surface area (Å²) in [4.78, 5) is 13.2. The number of hydrogen-bond donors (Lipinski definition) is 1. The van der Waals surface area contributed by atoms with Crippen molar-refractivity contribution in [2.24, 2.45) is 0 Å². The summed E-state index contributed by atoms with van der Waals surface area (Å²) < 4.78 is 0. The molecule has 0 saturated carbocycles. The van der Waals surface area contributed by atoms with Gasteiger partial charge in [-0.15, -0.1) is 0 Å². The summed E-state index contributed by atoms with van der Waals surface area (Å²) in [7, 11) is 3.55. The summed E-state index contributed by atoms with van der Waals surface area (Å²) in [6.45, 7) is 2.72. The number of likely N-dealkylation sites (N-methyl/N-ethyl adjacent to an activating group) is 1. The molecule has 0 bridgehead atoms. The Hall–Kier alpha value is -1.35. The quantitative estimate of drug-likeness (QED) is 0.811. The Morgan fingerprint density at radius 2 is 1.94 bits per heavy atom. The predicted molar refractivity (Wildman–Crippen MR) is 66.3 cm³/mol. The van der Waals surface area contributed by atoms with Gasteiger partial charge >= 0.3 is 0 Å². The molecule has 1 aromatic carbocycles. The van der Waals surface area contributed by atoms with Gasteiger partial charge in [0.15, 0.2) is 0 Å². The molecule has 0 fully saturated rings. The van der Waals surface area contributed by atoms with E-state index in [-0.39, 0.29) is 11.9 Å². The first-order valence-electron chi connectivity index (χ1n) is 5.59. The minimum Gasteiger partial charge on any atom is -0.347 e. The first-order valence-corrected chi connectivity index (χ1v) is 5.59. The van der Waals surface area contributed by atoms with Gasteiger partial charge in [0, 0.05) is 14.1 Å². The highest BCUT2D eigenvalue weighted by molar-refractivity contribution is 5.80. The van der Waals surface area contributed by atoms with E-state index in [1.54, 1.807) is 19.0 Å². The molecule has 0 aliphatic heterocycles. The molecule has 0 aliphatic carbocycles. The predicted octanol–water partition coefficient (Wildman–Crippen LogP) is 1.30. The van der Waals surface area contributed by atoms with E-state index in [2.05, 4.69) is 17.4 Å². The Morgan fingerprint density at radius 1 is 1.31 bits per heavy atom. The largest absolute Gasteiger partial charge is 0.347 e. The number of amides is 1. The van der Waals surface area contributed by atoms with Crippen molar-refractivity contribution in [1.29, 1.82) is 0 Å². The summed E-state index contributed by atoms with van der Waals surface area (Å²) in [5.41, 5.74) is 1.29. The Labute approximate surface area is 97.5 Å². The van der Waals surface area contributed by atoms with Crippen LogP contribution in [-0.4, -0.2) is 37.5 Å². The molecule has 1 atom stereocenters. The fraction of sp³-hybridized carbons (Fsp3) is 0.462. The number of nitrogens with one attached hydrogen (secondary N) is 1. The average Bonchev–Trinajstić information content (AvgIpc) is 2.29. The topological polar surface area (TPSA) is 32.3 Å². The van der Waals surface area contributed by atoms with Gasteiger partial charge in [-0.1, -0.05) is 30.3 Å². The molecule has 1 aromatic rings. The molecule has 16 heavy (non-hydrogen) atoms. The van der Waals surface area contributed by atoms with Crippen LogP contribution in [0.5, 0.6) is 0 Å². The molecule has 0 heterocycles. The highest BCUT2D eigenvalue weighted by Gasteiger charge is 2.12. The van der Waals surface area contributed by atoms with E-state index in [0.717, 1.165) is 13.0 Å². The zero-order chi connectivity index (χ0) is 12.0. The summed E-state index contributed by atoms with van der Waals surface area (Å²) in [5.74, 6) is 0.119. The Balaban J connectivity index is 2.28. The van der Waals surface area contributed by atoms with Crippen LogP contribution in [-0.2, 0) is 11.2 Å². The lowest BCUT2D eigenvalue weighted by Gasteiger charge is -2.17. The zero-order valence-electron chi connectivity index (χ0n) is 10.2. The van der Waals surface area contributed by atoms with Crippen molar-refractivity contribution in [3.63, 3.8) is 0 Å². The Morgan fingerprint density at radius 3 is 2.50 bits per heavy atom. The number of rotatable bonds is 5. The smallest absolute Gasteiger partial charge is 0.238 e. The third kappa shape index (κ3) is 4.03. The van der Waals surface area contributed by atoms with E-state index in [1.165, 1.54) is 5.56 Å². The fourth-order valence-electron chi connectivity index (χ4n) is 1.55. The van der Waals surface area contributed by atoms with E-state index in [4.69, 9.17) is 0 Å². The molecule has 0 aliphatic rings. The van der Waals surface area contributed by atoms with Crippen LogP contribution in [0, 0.1) is 0 Å². The summed E-state index contributed by atoms with van der Waals surface area (Å²) in [5, 5.41) is 3.22. The van der Waals surface area contributed by atoms with Crippen LogP contribution in [0.4, 0.5) is 0 Å². The fourth-order valence-corrected chi connectivity index (χ4v) is 1.55. The average molecular weight is 220 g/mol. The van der Waals surface area contributed by atoms with Crippen molar-refractivity contribution < 1.29 is 4.79 Å². The highest BCUT2D eigenvalue weighted by Crippen LogP contribution is 1.98. The van der Waals surface area contributed by atoms with E-state index in [9.17, 15) is 4.79 Å². The van der Waals surface area contributed by atoms with Gasteiger partial charge < -0.3 is 10.2 Å². The van der Waals surface area contributed by atoms with Gasteiger partial charge in [-0.25, -0.2) is 0 Å². The first kappa shape index (κ1) is 12.7. The maximum Gasteiger partial charge on any atom is 0.238 e. The zero-order valence-corrected chi connectivity index (χ0v) is 10.2. The van der Waals surface area contributed by atoms with Crippen LogP contribution in [0.2, 0.25) is 0 Å². The molecule has 0 aromatic heterocycles. The number of nitrogens with zero attached hydrogens (tertiary/aromatic N) is 1. The van der Waals surface area contributed by atoms with Crippen LogP contribution >= 0.6 is 0 Å². The Kier molecular flexibility index (Phi) is 4.99. The Bertz CT molecular complexity index is 322. The third-order valence-corrected chi connectivity index (χ3v) is 2.52. The van der Waals surface area contributed by atoms with Gasteiger partial charge in [0.25, 0.3) is 0 Å². The van der Waals surface area contributed by atoms with Crippen LogP contribution < -0.4 is 5.32 Å². The van der Waals surface area contributed by atoms with Crippen molar-refractivity contribution in [3.05, 3.63) is 35.9 Å². The molecule has 0 spiro atoms. The molecule has 0 unspecified atom stereocenters. The molecule has 1 rings (SSSR count). The lowest BCUT2D eigenvalue weighted by molar-refractivity contribution is -0.130. The van der Waals surface area contributed by atoms with Gasteiger partial charge in [-0.05, 0) is 25.5 Å². The second-order valence-electron chi connectivity index (χ2n) is 4.14. The van der Waals surface area contributed by atoms with Crippen molar-refractivity contribution in [2.45, 2.75) is 19.4 Å². The standard InChI is InChI=1S/C13H20N2O/c1-11(13(16)15(2)3)14-10-9-12-7-5-4-6-8-12/h4-8,11,14H,9-10H2,1-3H3/t11-/m0/s1. The number of carbonyl (C=O) groups excluding carboxylic acids is 1. The lowest BCUT2D eigenvalue weighted by atomic mass is 10.1. The molecular weight excluding hydrogens is 200 g/mol. The molecule has 0 radical (unpaired) electrons. The molecule has 3 heteroatoms. The normalized spacial score (nSPS) is 12.2. The van der Waals surface area contributed by atoms with Gasteiger partial charge in [-0.3, -0.25) is 4.79 Å². The van der Waals surface area contributed by atoms with Crippen LogP contribution in [0.15, 0.2) is 30.3 Å². The number of hydrogen-bond acceptors (Lipinski definition) is 2. The van der Waals surface area contributed by atoms with E-state index < -0.39 is 0 Å². The number of benzene rings is 1. The third-order valence-electron chi connectivity index (χ3n) is 2.52. The number of carbonyl (C=O) groups is 1. The maximum atomic E-state index is 11.5. The van der Waals surface area contributed by atoms with Crippen molar-refractivity contribution in [2.75, 3.05) is 20.6 Å². The molecule has 1 N–H and O–H groups in total. The minimum atomic E-state index is -0.112. The first-order chi connectivity index (χ1) is 7.61. The monoisotopic (exact) mass is 220 g/mol. The van der Waals surface area contributed by atoms with Crippen LogP contribution in [0.25, 0.3) is 0 Å². The second-order valence-corrected chi connectivity index (χ2v) is 4.14. The van der Waals surface area contributed by atoms with E-state index >= 15 is 0 Å². The van der Waals surface area contributed by atoms with Crippen LogP contribution in [0.1, 0.15) is 12.5 Å². The highest BCUT2D eigenvalue weighted by atomic mass is 16.2. The van der Waals surface area contributed by atoms with Crippen molar-refractivity contribution >= 4 is 5.91 Å². The minimum absolute atomic E-state index is 0.112. The summed E-state index contributed by atoms with van der Waals surface area (Å²) in [6, 6.07) is 10.2. The summed E-state index contributed by atoms with van der Waals surface area (Å²) in [6.07, 6.45) is 0.950. The van der Waals surface area contributed by atoms with Crippen LogP contribution in [0.3, 0.4) is 0 Å². The van der Waals surface area contributed by atoms with Crippen molar-refractivity contribution in [1.82, 2.24) is 10.2 Å². The second kappa shape index (κ2) is 6.28.